The summed E-state index contributed by atoms with van der Waals surface area (Å²) in [5, 5.41) is 4.66. The average Bonchev–Trinajstić information content (AvgIpc) is 2.85. The van der Waals surface area contributed by atoms with E-state index in [1.165, 1.54) is 0 Å². The monoisotopic (exact) mass is 221 g/mol. The molecule has 0 aliphatic carbocycles. The summed E-state index contributed by atoms with van der Waals surface area (Å²) in [5.41, 5.74) is 0. The van der Waals surface area contributed by atoms with Gasteiger partial charge in [-0.15, -0.1) is 0 Å². The highest BCUT2D eigenvalue weighted by molar-refractivity contribution is 6.45. The SMILES string of the molecule is O=C1NC(=NCCCn2ccnc2)NC1=O. The smallest absolute Gasteiger partial charge is 0.316 e. The van der Waals surface area contributed by atoms with E-state index >= 15 is 0 Å². The van der Waals surface area contributed by atoms with Gasteiger partial charge in [-0.1, -0.05) is 0 Å². The lowest BCUT2D eigenvalue weighted by Crippen LogP contribution is -2.25. The average molecular weight is 221 g/mol. The number of hydrogen-bond acceptors (Lipinski definition) is 4. The molecule has 1 aromatic rings. The number of carbonyl (C=O) groups excluding carboxylic acids is 2. The third kappa shape index (κ3) is 2.44. The highest BCUT2D eigenvalue weighted by atomic mass is 16.2. The summed E-state index contributed by atoms with van der Waals surface area (Å²) in [4.78, 5) is 29.5. The second kappa shape index (κ2) is 4.56. The normalized spacial score (nSPS) is 14.9. The Hall–Kier alpha value is -2.18. The number of aliphatic imine (C=N–C) groups is 1. The van der Waals surface area contributed by atoms with Crippen LogP contribution in [0.25, 0.3) is 0 Å². The molecule has 0 radical (unpaired) electrons. The first-order chi connectivity index (χ1) is 7.75. The molecule has 1 aromatic heterocycles. The van der Waals surface area contributed by atoms with Crippen LogP contribution in [0.15, 0.2) is 23.7 Å². The molecule has 7 heteroatoms. The van der Waals surface area contributed by atoms with Crippen molar-refractivity contribution in [1.29, 1.82) is 0 Å². The van der Waals surface area contributed by atoms with Crippen LogP contribution in [0.3, 0.4) is 0 Å². The van der Waals surface area contributed by atoms with Gasteiger partial charge in [0.1, 0.15) is 0 Å². The highest BCUT2D eigenvalue weighted by Gasteiger charge is 2.24. The number of nitrogens with one attached hydrogen (secondary N) is 2. The molecule has 7 nitrogen and oxygen atoms in total. The molecule has 1 aliphatic rings. The zero-order chi connectivity index (χ0) is 11.4. The molecule has 0 spiro atoms. The van der Waals surface area contributed by atoms with Crippen molar-refractivity contribution in [2.45, 2.75) is 13.0 Å². The maximum Gasteiger partial charge on any atom is 0.316 e. The number of nitrogens with zero attached hydrogens (tertiary/aromatic N) is 3. The molecule has 0 atom stereocenters. The van der Waals surface area contributed by atoms with Crippen molar-refractivity contribution in [2.24, 2.45) is 4.99 Å². The summed E-state index contributed by atoms with van der Waals surface area (Å²) in [6.45, 7) is 1.34. The van der Waals surface area contributed by atoms with Gasteiger partial charge in [0.05, 0.1) is 6.33 Å². The summed E-state index contributed by atoms with van der Waals surface area (Å²) < 4.78 is 1.94. The minimum absolute atomic E-state index is 0.237. The van der Waals surface area contributed by atoms with Gasteiger partial charge in [-0.3, -0.25) is 25.2 Å². The molecular weight excluding hydrogens is 210 g/mol. The maximum atomic E-state index is 10.8. The number of imidazole rings is 1. The molecule has 2 amide bonds. The number of aryl methyl sites for hydroxylation is 1. The number of rotatable bonds is 4. The van der Waals surface area contributed by atoms with Gasteiger partial charge < -0.3 is 4.57 Å². The Kier molecular flexibility index (Phi) is 2.95. The quantitative estimate of drug-likeness (QED) is 0.498. The standard InChI is InChI=1S/C9H11N5O2/c15-7-8(16)13-9(12-7)11-2-1-4-14-5-3-10-6-14/h3,5-6H,1-2,4H2,(H2,11,12,13,15,16). The van der Waals surface area contributed by atoms with E-state index < -0.39 is 11.8 Å². The Morgan fingerprint density at radius 1 is 1.31 bits per heavy atom. The summed E-state index contributed by atoms with van der Waals surface area (Å²) in [7, 11) is 0. The molecular formula is C9H11N5O2. The summed E-state index contributed by atoms with van der Waals surface area (Å²) in [6, 6.07) is 0. The van der Waals surface area contributed by atoms with Crippen LogP contribution < -0.4 is 10.6 Å². The van der Waals surface area contributed by atoms with Crippen molar-refractivity contribution in [1.82, 2.24) is 20.2 Å². The molecule has 0 bridgehead atoms. The Bertz CT molecular complexity index is 405. The molecule has 84 valence electrons. The van der Waals surface area contributed by atoms with Gasteiger partial charge in [0.25, 0.3) is 0 Å². The largest absolute Gasteiger partial charge is 0.337 e. The number of carbonyl (C=O) groups is 2. The van der Waals surface area contributed by atoms with Crippen molar-refractivity contribution < 1.29 is 9.59 Å². The maximum absolute atomic E-state index is 10.8. The number of aromatic nitrogens is 2. The second-order valence-electron chi connectivity index (χ2n) is 3.29. The van der Waals surface area contributed by atoms with Gasteiger partial charge in [-0.2, -0.15) is 0 Å². The predicted molar refractivity (Wildman–Crippen MR) is 55.4 cm³/mol. The van der Waals surface area contributed by atoms with Crippen LogP contribution in [-0.4, -0.2) is 33.9 Å². The number of amides is 2. The lowest BCUT2D eigenvalue weighted by atomic mass is 10.4. The Balaban J connectivity index is 1.74. The minimum Gasteiger partial charge on any atom is -0.337 e. The molecule has 0 saturated carbocycles. The molecule has 2 heterocycles. The van der Waals surface area contributed by atoms with E-state index in [4.69, 9.17) is 0 Å². The highest BCUT2D eigenvalue weighted by Crippen LogP contribution is 1.92. The zero-order valence-electron chi connectivity index (χ0n) is 8.51. The van der Waals surface area contributed by atoms with Crippen LogP contribution in [0.1, 0.15) is 6.42 Å². The van der Waals surface area contributed by atoms with Crippen molar-refractivity contribution in [3.63, 3.8) is 0 Å². The molecule has 1 aliphatic heterocycles. The molecule has 2 N–H and O–H groups in total. The summed E-state index contributed by atoms with van der Waals surface area (Å²) >= 11 is 0. The van der Waals surface area contributed by atoms with Crippen LogP contribution in [0, 0.1) is 0 Å². The molecule has 1 saturated heterocycles. The van der Waals surface area contributed by atoms with E-state index in [0.29, 0.717) is 6.54 Å². The Morgan fingerprint density at radius 2 is 2.06 bits per heavy atom. The number of hydrogen-bond donors (Lipinski definition) is 2. The van der Waals surface area contributed by atoms with Crippen LogP contribution >= 0.6 is 0 Å². The second-order valence-corrected chi connectivity index (χ2v) is 3.29. The molecule has 1 fully saturated rings. The van der Waals surface area contributed by atoms with E-state index in [-0.39, 0.29) is 5.96 Å². The topological polar surface area (TPSA) is 88.4 Å². The van der Waals surface area contributed by atoms with E-state index in [9.17, 15) is 9.59 Å². The summed E-state index contributed by atoms with van der Waals surface area (Å²) in [5.74, 6) is -1.08. The predicted octanol–water partition coefficient (Wildman–Crippen LogP) is -1.12. The van der Waals surface area contributed by atoms with E-state index in [1.807, 2.05) is 10.8 Å². The van der Waals surface area contributed by atoms with Crippen molar-refractivity contribution in [2.75, 3.05) is 6.54 Å². The first-order valence-electron chi connectivity index (χ1n) is 4.88. The van der Waals surface area contributed by atoms with Crippen LogP contribution in [0.2, 0.25) is 0 Å². The third-order valence-electron chi connectivity index (χ3n) is 2.07. The van der Waals surface area contributed by atoms with Gasteiger partial charge >= 0.3 is 11.8 Å². The molecule has 0 aromatic carbocycles. The zero-order valence-corrected chi connectivity index (χ0v) is 8.51. The van der Waals surface area contributed by atoms with E-state index in [1.54, 1.807) is 12.5 Å². The van der Waals surface area contributed by atoms with Gasteiger partial charge in [0.15, 0.2) is 0 Å². The number of guanidine groups is 1. The lowest BCUT2D eigenvalue weighted by Gasteiger charge is -1.99. The van der Waals surface area contributed by atoms with Gasteiger partial charge in [-0.05, 0) is 6.42 Å². The fourth-order valence-corrected chi connectivity index (χ4v) is 1.30. The Labute approximate surface area is 91.6 Å². The molecule has 0 unspecified atom stereocenters. The fourth-order valence-electron chi connectivity index (χ4n) is 1.30. The Morgan fingerprint density at radius 3 is 2.69 bits per heavy atom. The third-order valence-corrected chi connectivity index (χ3v) is 2.07. The van der Waals surface area contributed by atoms with Gasteiger partial charge in [0, 0.05) is 25.5 Å². The van der Waals surface area contributed by atoms with Crippen molar-refractivity contribution in [3.8, 4) is 0 Å². The van der Waals surface area contributed by atoms with Crippen molar-refractivity contribution >= 4 is 17.8 Å². The molecule has 2 rings (SSSR count). The first kappa shape index (κ1) is 10.3. The van der Waals surface area contributed by atoms with Crippen LogP contribution in [-0.2, 0) is 16.1 Å². The minimum atomic E-state index is -0.659. The van der Waals surface area contributed by atoms with Crippen LogP contribution in [0.4, 0.5) is 0 Å². The van der Waals surface area contributed by atoms with Gasteiger partial charge in [0.2, 0.25) is 5.96 Å². The van der Waals surface area contributed by atoms with Crippen molar-refractivity contribution in [3.05, 3.63) is 18.7 Å². The van der Waals surface area contributed by atoms with Crippen LogP contribution in [0.5, 0.6) is 0 Å². The summed E-state index contributed by atoms with van der Waals surface area (Å²) in [6.07, 6.45) is 6.12. The van der Waals surface area contributed by atoms with E-state index in [0.717, 1.165) is 13.0 Å². The fraction of sp³-hybridized carbons (Fsp3) is 0.333. The lowest BCUT2D eigenvalue weighted by molar-refractivity contribution is -0.135. The van der Waals surface area contributed by atoms with Gasteiger partial charge in [-0.25, -0.2) is 4.98 Å². The first-order valence-corrected chi connectivity index (χ1v) is 4.88. The van der Waals surface area contributed by atoms with E-state index in [2.05, 4.69) is 20.6 Å². The molecule has 16 heavy (non-hydrogen) atoms.